The van der Waals surface area contributed by atoms with Crippen molar-refractivity contribution < 1.29 is 8.42 Å². The first-order valence-electron chi connectivity index (χ1n) is 9.96. The van der Waals surface area contributed by atoms with E-state index in [0.29, 0.717) is 10.9 Å². The lowest BCUT2D eigenvalue weighted by Gasteiger charge is -2.24. The molecule has 0 aromatic heterocycles. The highest BCUT2D eigenvalue weighted by atomic mass is 32.2. The second-order valence-electron chi connectivity index (χ2n) is 7.73. The number of rotatable bonds is 6. The van der Waals surface area contributed by atoms with Crippen LogP contribution in [0.1, 0.15) is 37.7 Å². The molecule has 1 aliphatic carbocycles. The van der Waals surface area contributed by atoms with Crippen LogP contribution in [0.3, 0.4) is 0 Å². The summed E-state index contributed by atoms with van der Waals surface area (Å²) < 4.78 is 23.0. The topological polar surface area (TPSA) is 73.8 Å². The van der Waals surface area contributed by atoms with E-state index >= 15 is 0 Å². The minimum absolute atomic E-state index is 0.365. The largest absolute Gasteiger partial charge is 0.356 e. The number of aliphatic imine (C=N–C) groups is 1. The van der Waals surface area contributed by atoms with Crippen molar-refractivity contribution >= 4 is 15.8 Å². The van der Waals surface area contributed by atoms with Crippen molar-refractivity contribution in [3.05, 3.63) is 29.8 Å². The summed E-state index contributed by atoms with van der Waals surface area (Å²) in [5.41, 5.74) is 1.11. The van der Waals surface area contributed by atoms with Gasteiger partial charge in [0.25, 0.3) is 0 Å². The number of guanidine groups is 1. The molecule has 0 spiro atoms. The Kier molecular flexibility index (Phi) is 6.76. The van der Waals surface area contributed by atoms with Crippen molar-refractivity contribution in [2.24, 2.45) is 4.99 Å². The van der Waals surface area contributed by atoms with Gasteiger partial charge >= 0.3 is 0 Å². The fourth-order valence-corrected chi connectivity index (χ4v) is 4.75. The number of nitrogens with one attached hydrogen (secondary N) is 2. The molecule has 0 amide bonds. The molecular weight excluding hydrogens is 360 g/mol. The summed E-state index contributed by atoms with van der Waals surface area (Å²) in [6, 6.07) is 8.37. The number of hydrogen-bond acceptors (Lipinski definition) is 4. The van der Waals surface area contributed by atoms with Crippen LogP contribution in [-0.4, -0.2) is 64.3 Å². The van der Waals surface area contributed by atoms with Gasteiger partial charge in [-0.2, -0.15) is 0 Å². The van der Waals surface area contributed by atoms with Crippen molar-refractivity contribution in [1.82, 2.24) is 15.5 Å². The van der Waals surface area contributed by atoms with E-state index in [4.69, 9.17) is 0 Å². The third-order valence-electron chi connectivity index (χ3n) is 5.68. The van der Waals surface area contributed by atoms with Gasteiger partial charge in [-0.1, -0.05) is 25.0 Å². The molecule has 150 valence electrons. The smallest absolute Gasteiger partial charge is 0.191 e. The second-order valence-corrected chi connectivity index (χ2v) is 9.74. The van der Waals surface area contributed by atoms with Crippen LogP contribution >= 0.6 is 0 Å². The van der Waals surface area contributed by atoms with Gasteiger partial charge in [0.15, 0.2) is 15.8 Å². The zero-order chi connectivity index (χ0) is 19.3. The number of likely N-dealkylation sites (tertiary alicyclic amines) is 1. The van der Waals surface area contributed by atoms with Crippen LogP contribution in [0.25, 0.3) is 0 Å². The molecule has 7 heteroatoms. The predicted molar refractivity (Wildman–Crippen MR) is 110 cm³/mol. The normalized spacial score (nSPS) is 22.3. The predicted octanol–water partition coefficient (Wildman–Crippen LogP) is 1.81. The van der Waals surface area contributed by atoms with E-state index in [1.165, 1.54) is 44.9 Å². The molecular formula is C20H32N4O2S. The lowest BCUT2D eigenvalue weighted by atomic mass is 10.1. The van der Waals surface area contributed by atoms with E-state index < -0.39 is 9.84 Å². The first-order valence-corrected chi connectivity index (χ1v) is 11.8. The van der Waals surface area contributed by atoms with Gasteiger partial charge in [0.2, 0.25) is 0 Å². The Hall–Kier alpha value is -1.60. The molecule has 1 saturated carbocycles. The Balaban J connectivity index is 1.42. The van der Waals surface area contributed by atoms with Crippen molar-refractivity contribution in [1.29, 1.82) is 0 Å². The van der Waals surface area contributed by atoms with Crippen molar-refractivity contribution in [3.63, 3.8) is 0 Å². The van der Waals surface area contributed by atoms with Crippen LogP contribution in [0, 0.1) is 0 Å². The molecule has 1 unspecified atom stereocenters. The lowest BCUT2D eigenvalue weighted by molar-refractivity contribution is 0.242. The molecule has 1 atom stereocenters. The molecule has 6 nitrogen and oxygen atoms in total. The highest BCUT2D eigenvalue weighted by Crippen LogP contribution is 2.26. The number of nitrogens with zero attached hydrogens (tertiary/aromatic N) is 2. The van der Waals surface area contributed by atoms with E-state index in [1.54, 1.807) is 19.2 Å². The van der Waals surface area contributed by atoms with Gasteiger partial charge in [-0.3, -0.25) is 9.89 Å². The minimum atomic E-state index is -3.13. The highest BCUT2D eigenvalue weighted by molar-refractivity contribution is 7.90. The van der Waals surface area contributed by atoms with Crippen LogP contribution in [0.4, 0.5) is 0 Å². The fraction of sp³-hybridized carbons (Fsp3) is 0.650. The van der Waals surface area contributed by atoms with Crippen LogP contribution in [-0.2, 0) is 16.3 Å². The first kappa shape index (κ1) is 20.1. The molecule has 27 heavy (non-hydrogen) atoms. The molecule has 1 aromatic rings. The Morgan fingerprint density at radius 3 is 2.52 bits per heavy atom. The molecule has 1 aromatic carbocycles. The zero-order valence-electron chi connectivity index (χ0n) is 16.4. The van der Waals surface area contributed by atoms with Crippen molar-refractivity contribution in [2.45, 2.75) is 55.5 Å². The Labute approximate surface area is 163 Å². The Morgan fingerprint density at radius 1 is 1.19 bits per heavy atom. The summed E-state index contributed by atoms with van der Waals surface area (Å²) in [6.45, 7) is 3.06. The molecule has 0 radical (unpaired) electrons. The summed E-state index contributed by atoms with van der Waals surface area (Å²) in [7, 11) is -1.33. The molecule has 2 fully saturated rings. The van der Waals surface area contributed by atoms with Crippen LogP contribution in [0.2, 0.25) is 0 Å². The average Bonchev–Trinajstić information content (AvgIpc) is 3.32. The van der Waals surface area contributed by atoms with Crippen LogP contribution in [0.15, 0.2) is 34.2 Å². The second kappa shape index (κ2) is 9.06. The van der Waals surface area contributed by atoms with E-state index in [9.17, 15) is 8.42 Å². The third kappa shape index (κ3) is 5.69. The van der Waals surface area contributed by atoms with Crippen LogP contribution in [0.5, 0.6) is 0 Å². The van der Waals surface area contributed by atoms with Gasteiger partial charge in [-0.25, -0.2) is 8.42 Å². The monoisotopic (exact) mass is 392 g/mol. The first-order chi connectivity index (χ1) is 13.0. The Bertz CT molecular complexity index is 740. The average molecular weight is 393 g/mol. The Morgan fingerprint density at radius 2 is 1.89 bits per heavy atom. The molecule has 1 aliphatic heterocycles. The maximum Gasteiger partial charge on any atom is 0.191 e. The third-order valence-corrected chi connectivity index (χ3v) is 6.81. The molecule has 3 rings (SSSR count). The zero-order valence-corrected chi connectivity index (χ0v) is 17.3. The lowest BCUT2D eigenvalue weighted by Crippen LogP contribution is -2.45. The highest BCUT2D eigenvalue weighted by Gasteiger charge is 2.30. The number of benzene rings is 1. The summed E-state index contributed by atoms with van der Waals surface area (Å²) in [5.74, 6) is 0.848. The number of hydrogen-bond donors (Lipinski definition) is 2. The van der Waals surface area contributed by atoms with E-state index in [1.807, 2.05) is 12.1 Å². The molecule has 1 saturated heterocycles. The van der Waals surface area contributed by atoms with Crippen molar-refractivity contribution in [3.8, 4) is 0 Å². The summed E-state index contributed by atoms with van der Waals surface area (Å²) in [6.07, 6.45) is 8.71. The SMILES string of the molecule is CN=C(NCCc1ccc(S(C)(=O)=O)cc1)NC1CCN(C2CCCC2)C1. The van der Waals surface area contributed by atoms with Gasteiger partial charge in [0.1, 0.15) is 0 Å². The molecule has 0 bridgehead atoms. The van der Waals surface area contributed by atoms with E-state index in [0.717, 1.165) is 37.1 Å². The van der Waals surface area contributed by atoms with E-state index in [-0.39, 0.29) is 0 Å². The molecule has 1 heterocycles. The maximum absolute atomic E-state index is 11.5. The molecule has 2 aliphatic rings. The van der Waals surface area contributed by atoms with Crippen molar-refractivity contribution in [2.75, 3.05) is 32.9 Å². The minimum Gasteiger partial charge on any atom is -0.356 e. The summed E-state index contributed by atoms with van der Waals surface area (Å²) >= 11 is 0. The van der Waals surface area contributed by atoms with Gasteiger partial charge < -0.3 is 10.6 Å². The fourth-order valence-electron chi connectivity index (χ4n) is 4.12. The quantitative estimate of drug-likeness (QED) is 0.571. The summed E-state index contributed by atoms with van der Waals surface area (Å²) in [5, 5.41) is 6.93. The molecule has 2 N–H and O–H groups in total. The number of sulfone groups is 1. The summed E-state index contributed by atoms with van der Waals surface area (Å²) in [4.78, 5) is 7.35. The van der Waals surface area contributed by atoms with Gasteiger partial charge in [0, 0.05) is 45.0 Å². The van der Waals surface area contributed by atoms with Gasteiger partial charge in [-0.05, 0) is 43.4 Å². The van der Waals surface area contributed by atoms with E-state index in [2.05, 4.69) is 20.5 Å². The standard InChI is InChI=1S/C20H32N4O2S/c1-21-20(23-17-12-14-24(15-17)18-5-3-4-6-18)22-13-11-16-7-9-19(10-8-16)27(2,25)26/h7-10,17-18H,3-6,11-15H2,1-2H3,(H2,21,22,23). The maximum atomic E-state index is 11.5. The van der Waals surface area contributed by atoms with Crippen LogP contribution < -0.4 is 10.6 Å². The van der Waals surface area contributed by atoms with Gasteiger partial charge in [0.05, 0.1) is 4.90 Å². The van der Waals surface area contributed by atoms with Gasteiger partial charge in [-0.15, -0.1) is 0 Å².